The molecule has 2 rings (SSSR count). The lowest BCUT2D eigenvalue weighted by Gasteiger charge is -2.22. The summed E-state index contributed by atoms with van der Waals surface area (Å²) in [6.07, 6.45) is 3.64. The minimum atomic E-state index is -0.0613. The number of nitrogens with zero attached hydrogens (tertiary/aromatic N) is 3. The molecule has 1 fully saturated rings. The Morgan fingerprint density at radius 3 is 2.94 bits per heavy atom. The predicted molar refractivity (Wildman–Crippen MR) is 59.3 cm³/mol. The van der Waals surface area contributed by atoms with Crippen molar-refractivity contribution >= 4 is 0 Å². The fourth-order valence-corrected chi connectivity index (χ4v) is 1.85. The summed E-state index contributed by atoms with van der Waals surface area (Å²) < 4.78 is 8.23. The zero-order valence-electron chi connectivity index (χ0n) is 9.56. The van der Waals surface area contributed by atoms with Crippen molar-refractivity contribution in [1.29, 1.82) is 0 Å². The lowest BCUT2D eigenvalue weighted by atomic mass is 10.1. The van der Waals surface area contributed by atoms with E-state index in [9.17, 15) is 4.79 Å². The van der Waals surface area contributed by atoms with Crippen LogP contribution < -0.4 is 11.0 Å². The average molecular weight is 226 g/mol. The molecule has 6 nitrogen and oxygen atoms in total. The van der Waals surface area contributed by atoms with Gasteiger partial charge in [0.2, 0.25) is 0 Å². The summed E-state index contributed by atoms with van der Waals surface area (Å²) in [5, 5.41) is 7.42. The van der Waals surface area contributed by atoms with Crippen LogP contribution in [-0.4, -0.2) is 40.1 Å². The number of hydrogen-bond donors (Lipinski definition) is 1. The molecule has 0 amide bonds. The zero-order chi connectivity index (χ0) is 11.4. The second-order valence-electron chi connectivity index (χ2n) is 4.09. The van der Waals surface area contributed by atoms with Gasteiger partial charge in [-0.2, -0.15) is 5.10 Å². The van der Waals surface area contributed by atoms with E-state index in [0.29, 0.717) is 12.6 Å². The minimum Gasteiger partial charge on any atom is -0.381 e. The molecule has 1 N–H and O–H groups in total. The molecule has 1 aliphatic heterocycles. The Labute approximate surface area is 94.2 Å². The van der Waals surface area contributed by atoms with E-state index in [1.54, 1.807) is 7.05 Å². The first-order valence-corrected chi connectivity index (χ1v) is 5.67. The molecule has 2 heterocycles. The molecule has 0 atom stereocenters. The fraction of sp³-hybridized carbons (Fsp3) is 0.800. The van der Waals surface area contributed by atoms with Crippen molar-refractivity contribution < 1.29 is 4.74 Å². The summed E-state index contributed by atoms with van der Waals surface area (Å²) in [5.74, 6) is 0. The SMILES string of the molecule is Cn1cnn(CCNC2CCOCC2)c1=O. The van der Waals surface area contributed by atoms with Crippen LogP contribution in [-0.2, 0) is 18.3 Å². The van der Waals surface area contributed by atoms with Gasteiger partial charge < -0.3 is 10.1 Å². The number of nitrogens with one attached hydrogen (secondary N) is 1. The first kappa shape index (κ1) is 11.3. The summed E-state index contributed by atoms with van der Waals surface area (Å²) in [5.41, 5.74) is -0.0613. The van der Waals surface area contributed by atoms with E-state index in [0.717, 1.165) is 32.6 Å². The first-order chi connectivity index (χ1) is 7.77. The van der Waals surface area contributed by atoms with Crippen LogP contribution in [0.5, 0.6) is 0 Å². The van der Waals surface area contributed by atoms with E-state index in [1.165, 1.54) is 15.6 Å². The van der Waals surface area contributed by atoms with Crippen molar-refractivity contribution in [2.75, 3.05) is 19.8 Å². The molecule has 1 aromatic heterocycles. The Bertz CT molecular complexity index is 378. The predicted octanol–water partition coefficient (Wildman–Crippen LogP) is -0.650. The Kier molecular flexibility index (Phi) is 3.74. The van der Waals surface area contributed by atoms with E-state index in [4.69, 9.17) is 4.74 Å². The molecule has 0 unspecified atom stereocenters. The van der Waals surface area contributed by atoms with Crippen LogP contribution in [0.25, 0.3) is 0 Å². The second kappa shape index (κ2) is 5.27. The third kappa shape index (κ3) is 2.70. The Morgan fingerprint density at radius 2 is 2.31 bits per heavy atom. The summed E-state index contributed by atoms with van der Waals surface area (Å²) in [6, 6.07) is 0.521. The molecule has 0 aliphatic carbocycles. The van der Waals surface area contributed by atoms with Gasteiger partial charge in [0, 0.05) is 32.8 Å². The van der Waals surface area contributed by atoms with Gasteiger partial charge in [-0.05, 0) is 12.8 Å². The first-order valence-electron chi connectivity index (χ1n) is 5.67. The van der Waals surface area contributed by atoms with Crippen LogP contribution in [0.4, 0.5) is 0 Å². The van der Waals surface area contributed by atoms with Crippen molar-refractivity contribution in [3.8, 4) is 0 Å². The molecule has 1 aromatic rings. The summed E-state index contributed by atoms with van der Waals surface area (Å²) in [4.78, 5) is 11.5. The largest absolute Gasteiger partial charge is 0.381 e. The van der Waals surface area contributed by atoms with Crippen LogP contribution in [0.3, 0.4) is 0 Å². The topological polar surface area (TPSA) is 61.1 Å². The van der Waals surface area contributed by atoms with Gasteiger partial charge in [0.05, 0.1) is 6.54 Å². The highest BCUT2D eigenvalue weighted by Gasteiger charge is 2.12. The Balaban J connectivity index is 1.75. The third-order valence-electron chi connectivity index (χ3n) is 2.86. The summed E-state index contributed by atoms with van der Waals surface area (Å²) >= 11 is 0. The van der Waals surface area contributed by atoms with Crippen LogP contribution in [0.1, 0.15) is 12.8 Å². The standard InChI is InChI=1S/C10H18N4O2/c1-13-8-12-14(10(13)15)5-4-11-9-2-6-16-7-3-9/h8-9,11H,2-7H2,1H3. The maximum atomic E-state index is 11.5. The molecule has 0 spiro atoms. The molecule has 6 heteroatoms. The number of ether oxygens (including phenoxy) is 1. The monoisotopic (exact) mass is 226 g/mol. The molecule has 16 heavy (non-hydrogen) atoms. The highest BCUT2D eigenvalue weighted by Crippen LogP contribution is 2.05. The van der Waals surface area contributed by atoms with Gasteiger partial charge >= 0.3 is 5.69 Å². The number of aryl methyl sites for hydroxylation is 1. The molecule has 0 radical (unpaired) electrons. The smallest absolute Gasteiger partial charge is 0.345 e. The molecule has 0 aromatic carbocycles. The minimum absolute atomic E-state index is 0.0613. The van der Waals surface area contributed by atoms with Crippen molar-refractivity contribution in [3.05, 3.63) is 16.8 Å². The lowest BCUT2D eigenvalue weighted by Crippen LogP contribution is -2.38. The highest BCUT2D eigenvalue weighted by molar-refractivity contribution is 4.71. The molecular weight excluding hydrogens is 208 g/mol. The average Bonchev–Trinajstić information content (AvgIpc) is 2.62. The molecular formula is C10H18N4O2. The van der Waals surface area contributed by atoms with Gasteiger partial charge in [0.1, 0.15) is 6.33 Å². The second-order valence-corrected chi connectivity index (χ2v) is 4.09. The van der Waals surface area contributed by atoms with Gasteiger partial charge in [-0.3, -0.25) is 4.57 Å². The van der Waals surface area contributed by atoms with Crippen LogP contribution in [0.2, 0.25) is 0 Å². The Hall–Kier alpha value is -1.14. The van der Waals surface area contributed by atoms with E-state index in [1.807, 2.05) is 0 Å². The van der Waals surface area contributed by atoms with E-state index >= 15 is 0 Å². The summed E-state index contributed by atoms with van der Waals surface area (Å²) in [6.45, 7) is 3.07. The van der Waals surface area contributed by atoms with Gasteiger partial charge in [0.25, 0.3) is 0 Å². The van der Waals surface area contributed by atoms with Gasteiger partial charge in [0.15, 0.2) is 0 Å². The third-order valence-corrected chi connectivity index (χ3v) is 2.86. The van der Waals surface area contributed by atoms with E-state index < -0.39 is 0 Å². The van der Waals surface area contributed by atoms with Gasteiger partial charge in [-0.1, -0.05) is 0 Å². The van der Waals surface area contributed by atoms with E-state index in [-0.39, 0.29) is 5.69 Å². The maximum absolute atomic E-state index is 11.5. The summed E-state index contributed by atoms with van der Waals surface area (Å²) in [7, 11) is 1.71. The van der Waals surface area contributed by atoms with E-state index in [2.05, 4.69) is 10.4 Å². The molecule has 90 valence electrons. The lowest BCUT2D eigenvalue weighted by molar-refractivity contribution is 0.0778. The normalized spacial score (nSPS) is 17.8. The van der Waals surface area contributed by atoms with Crippen molar-refractivity contribution in [2.24, 2.45) is 7.05 Å². The maximum Gasteiger partial charge on any atom is 0.345 e. The molecule has 0 bridgehead atoms. The van der Waals surface area contributed by atoms with Gasteiger partial charge in [-0.15, -0.1) is 0 Å². The fourth-order valence-electron chi connectivity index (χ4n) is 1.85. The highest BCUT2D eigenvalue weighted by atomic mass is 16.5. The molecule has 1 saturated heterocycles. The quantitative estimate of drug-likeness (QED) is 0.741. The number of hydrogen-bond acceptors (Lipinski definition) is 4. The number of aromatic nitrogens is 3. The van der Waals surface area contributed by atoms with Crippen molar-refractivity contribution in [3.63, 3.8) is 0 Å². The molecule has 1 aliphatic rings. The zero-order valence-corrected chi connectivity index (χ0v) is 9.56. The Morgan fingerprint density at radius 1 is 1.56 bits per heavy atom. The van der Waals surface area contributed by atoms with Crippen molar-refractivity contribution in [1.82, 2.24) is 19.7 Å². The molecule has 0 saturated carbocycles. The van der Waals surface area contributed by atoms with Crippen LogP contribution >= 0.6 is 0 Å². The van der Waals surface area contributed by atoms with Crippen LogP contribution in [0.15, 0.2) is 11.1 Å². The van der Waals surface area contributed by atoms with Crippen molar-refractivity contribution in [2.45, 2.75) is 25.4 Å². The number of rotatable bonds is 4. The van der Waals surface area contributed by atoms with Crippen LogP contribution in [0, 0.1) is 0 Å². The van der Waals surface area contributed by atoms with Gasteiger partial charge in [-0.25, -0.2) is 9.48 Å².